The van der Waals surface area contributed by atoms with Crippen LogP contribution >= 0.6 is 0 Å². The van der Waals surface area contributed by atoms with Crippen LogP contribution in [-0.4, -0.2) is 13.2 Å². The number of rotatable bonds is 12. The van der Waals surface area contributed by atoms with E-state index in [0.29, 0.717) is 13.2 Å². The first kappa shape index (κ1) is 22.0. The molecule has 0 aliphatic heterocycles. The third-order valence-corrected chi connectivity index (χ3v) is 5.43. The van der Waals surface area contributed by atoms with Gasteiger partial charge in [-0.15, -0.1) is 13.2 Å². The Morgan fingerprint density at radius 1 is 0.633 bits per heavy atom. The zero-order valence-electron chi connectivity index (χ0n) is 18.5. The van der Waals surface area contributed by atoms with Crippen molar-refractivity contribution in [3.63, 3.8) is 0 Å². The van der Waals surface area contributed by atoms with Crippen molar-refractivity contribution in [1.82, 2.24) is 0 Å². The predicted octanol–water partition coefficient (Wildman–Crippen LogP) is 8.08. The number of unbranched alkanes of at least 4 members (excludes halogenated alkanes) is 4. The monoisotopic (exact) mass is 402 g/mol. The lowest BCUT2D eigenvalue weighted by Gasteiger charge is -2.19. The number of benzene rings is 3. The maximum Gasteiger partial charge on any atom is 0.135 e. The molecule has 0 aliphatic rings. The van der Waals surface area contributed by atoms with E-state index in [0.717, 1.165) is 71.6 Å². The van der Waals surface area contributed by atoms with Crippen LogP contribution in [0.25, 0.3) is 21.5 Å². The van der Waals surface area contributed by atoms with Crippen molar-refractivity contribution >= 4 is 21.5 Å². The Labute approximate surface area is 181 Å². The van der Waals surface area contributed by atoms with E-state index < -0.39 is 0 Å². The number of fused-ring (bicyclic) bond motifs is 2. The highest BCUT2D eigenvalue weighted by Gasteiger charge is 2.16. The van der Waals surface area contributed by atoms with Crippen molar-refractivity contribution in [2.75, 3.05) is 13.2 Å². The highest BCUT2D eigenvalue weighted by molar-refractivity contribution is 6.11. The SMILES string of the molecule is C=CCCCCOc1c2ccc(C)cc2c(OCCCCC=C)c2cc(C)ccc12. The van der Waals surface area contributed by atoms with Crippen molar-refractivity contribution in [2.45, 2.75) is 52.4 Å². The Bertz CT molecular complexity index is 953. The van der Waals surface area contributed by atoms with Crippen LogP contribution in [-0.2, 0) is 0 Å². The molecule has 3 aromatic rings. The minimum atomic E-state index is 0.710. The molecule has 3 rings (SSSR count). The van der Waals surface area contributed by atoms with Gasteiger partial charge in [0.25, 0.3) is 0 Å². The van der Waals surface area contributed by atoms with E-state index in [2.05, 4.69) is 63.4 Å². The van der Waals surface area contributed by atoms with E-state index in [1.807, 2.05) is 12.2 Å². The van der Waals surface area contributed by atoms with Gasteiger partial charge in [-0.2, -0.15) is 0 Å². The Balaban J connectivity index is 2.03. The zero-order chi connectivity index (χ0) is 21.3. The number of allylic oxidation sites excluding steroid dienone is 2. The Hall–Kier alpha value is -2.74. The van der Waals surface area contributed by atoms with E-state index in [4.69, 9.17) is 9.47 Å². The largest absolute Gasteiger partial charge is 0.492 e. The fraction of sp³-hybridized carbons (Fsp3) is 0.357. The normalized spacial score (nSPS) is 11.0. The van der Waals surface area contributed by atoms with Gasteiger partial charge in [0.05, 0.1) is 13.2 Å². The summed E-state index contributed by atoms with van der Waals surface area (Å²) in [6.45, 7) is 13.3. The van der Waals surface area contributed by atoms with Gasteiger partial charge < -0.3 is 9.47 Å². The van der Waals surface area contributed by atoms with Crippen LogP contribution in [0.2, 0.25) is 0 Å². The molecule has 0 fully saturated rings. The van der Waals surface area contributed by atoms with Gasteiger partial charge in [0.2, 0.25) is 0 Å². The second-order valence-electron chi connectivity index (χ2n) is 8.02. The Kier molecular flexibility index (Phi) is 7.96. The van der Waals surface area contributed by atoms with Crippen molar-refractivity contribution in [3.05, 3.63) is 72.8 Å². The van der Waals surface area contributed by atoms with Gasteiger partial charge in [0, 0.05) is 21.5 Å². The molecule has 0 bridgehead atoms. The van der Waals surface area contributed by atoms with Crippen LogP contribution in [0.5, 0.6) is 11.5 Å². The summed E-state index contributed by atoms with van der Waals surface area (Å²) in [6, 6.07) is 13.1. The van der Waals surface area contributed by atoms with Crippen LogP contribution in [0.1, 0.15) is 49.7 Å². The van der Waals surface area contributed by atoms with Gasteiger partial charge in [-0.05, 0) is 64.5 Å². The molecule has 2 heteroatoms. The molecule has 3 aromatic carbocycles. The van der Waals surface area contributed by atoms with E-state index >= 15 is 0 Å². The number of hydrogen-bond acceptors (Lipinski definition) is 2. The summed E-state index contributed by atoms with van der Waals surface area (Å²) >= 11 is 0. The second-order valence-corrected chi connectivity index (χ2v) is 8.02. The first-order valence-corrected chi connectivity index (χ1v) is 11.1. The smallest absolute Gasteiger partial charge is 0.135 e. The molecule has 0 heterocycles. The number of hydrogen-bond donors (Lipinski definition) is 0. The standard InChI is InChI=1S/C28H34O2/c1-5-7-9-11-17-29-27-23-15-13-21(3)19-25(23)28(30-18-12-10-8-6-2)26-20-22(4)14-16-24(26)27/h5-6,13-16,19-20H,1-2,7-12,17-18H2,3-4H3. The van der Waals surface area contributed by atoms with Crippen LogP contribution in [0.4, 0.5) is 0 Å². The molecule has 30 heavy (non-hydrogen) atoms. The van der Waals surface area contributed by atoms with Crippen LogP contribution in [0.15, 0.2) is 61.7 Å². The van der Waals surface area contributed by atoms with Crippen LogP contribution in [0.3, 0.4) is 0 Å². The summed E-state index contributed by atoms with van der Waals surface area (Å²) in [5, 5.41) is 4.53. The summed E-state index contributed by atoms with van der Waals surface area (Å²) in [7, 11) is 0. The first-order chi connectivity index (χ1) is 14.7. The topological polar surface area (TPSA) is 18.5 Å². The zero-order valence-corrected chi connectivity index (χ0v) is 18.5. The van der Waals surface area contributed by atoms with Crippen LogP contribution < -0.4 is 9.47 Å². The fourth-order valence-electron chi connectivity index (χ4n) is 3.82. The maximum atomic E-state index is 6.40. The molecule has 0 amide bonds. The second kappa shape index (κ2) is 10.9. The summed E-state index contributed by atoms with van der Waals surface area (Å²) in [5.74, 6) is 1.95. The van der Waals surface area contributed by atoms with E-state index in [-0.39, 0.29) is 0 Å². The van der Waals surface area contributed by atoms with Crippen molar-refractivity contribution < 1.29 is 9.47 Å². The fourth-order valence-corrected chi connectivity index (χ4v) is 3.82. The first-order valence-electron chi connectivity index (χ1n) is 11.1. The molecule has 0 unspecified atom stereocenters. The van der Waals surface area contributed by atoms with Gasteiger partial charge >= 0.3 is 0 Å². The average Bonchev–Trinajstić information content (AvgIpc) is 2.74. The van der Waals surface area contributed by atoms with Crippen molar-refractivity contribution in [1.29, 1.82) is 0 Å². The molecule has 0 spiro atoms. The van der Waals surface area contributed by atoms with Gasteiger partial charge in [0.15, 0.2) is 0 Å². The molecule has 0 atom stereocenters. The molecule has 0 N–H and O–H groups in total. The maximum absolute atomic E-state index is 6.40. The summed E-state index contributed by atoms with van der Waals surface area (Å²) < 4.78 is 12.8. The molecule has 0 radical (unpaired) electrons. The highest BCUT2D eigenvalue weighted by atomic mass is 16.5. The van der Waals surface area contributed by atoms with Gasteiger partial charge in [-0.25, -0.2) is 0 Å². The molecular formula is C28H34O2. The minimum Gasteiger partial charge on any atom is -0.492 e. The molecule has 0 aliphatic carbocycles. The van der Waals surface area contributed by atoms with Gasteiger partial charge in [0.1, 0.15) is 11.5 Å². The van der Waals surface area contributed by atoms with Crippen molar-refractivity contribution in [3.8, 4) is 11.5 Å². The predicted molar refractivity (Wildman–Crippen MR) is 130 cm³/mol. The van der Waals surface area contributed by atoms with Gasteiger partial charge in [-0.1, -0.05) is 47.5 Å². The quantitative estimate of drug-likeness (QED) is 0.173. The van der Waals surface area contributed by atoms with E-state index in [1.54, 1.807) is 0 Å². The molecular weight excluding hydrogens is 368 g/mol. The Morgan fingerprint density at radius 3 is 1.50 bits per heavy atom. The van der Waals surface area contributed by atoms with E-state index in [1.165, 1.54) is 11.1 Å². The third kappa shape index (κ3) is 5.24. The van der Waals surface area contributed by atoms with Gasteiger partial charge in [-0.3, -0.25) is 0 Å². The lowest BCUT2D eigenvalue weighted by Crippen LogP contribution is -2.02. The highest BCUT2D eigenvalue weighted by Crippen LogP contribution is 2.43. The molecule has 2 nitrogen and oxygen atoms in total. The molecule has 0 saturated heterocycles. The molecule has 0 aromatic heterocycles. The molecule has 0 saturated carbocycles. The summed E-state index contributed by atoms with van der Waals surface area (Å²) in [5.41, 5.74) is 2.45. The lowest BCUT2D eigenvalue weighted by atomic mass is 9.97. The summed E-state index contributed by atoms with van der Waals surface area (Å²) in [6.07, 6.45) is 10.2. The number of ether oxygens (including phenoxy) is 2. The third-order valence-electron chi connectivity index (χ3n) is 5.43. The molecule has 158 valence electrons. The Morgan fingerprint density at radius 2 is 1.07 bits per heavy atom. The average molecular weight is 403 g/mol. The minimum absolute atomic E-state index is 0.710. The number of aryl methyl sites for hydroxylation is 2. The van der Waals surface area contributed by atoms with Crippen LogP contribution in [0, 0.1) is 13.8 Å². The summed E-state index contributed by atoms with van der Waals surface area (Å²) in [4.78, 5) is 0. The lowest BCUT2D eigenvalue weighted by molar-refractivity contribution is 0.309. The van der Waals surface area contributed by atoms with Crippen molar-refractivity contribution in [2.24, 2.45) is 0 Å². The van der Waals surface area contributed by atoms with E-state index in [9.17, 15) is 0 Å².